The minimum atomic E-state index is -0.271. The highest BCUT2D eigenvalue weighted by Gasteiger charge is 2.29. The minimum absolute atomic E-state index is 0.194. The van der Waals surface area contributed by atoms with Gasteiger partial charge in [-0.15, -0.1) is 11.3 Å². The topological polar surface area (TPSA) is 52.1 Å². The Labute approximate surface area is 139 Å². The van der Waals surface area contributed by atoms with Crippen LogP contribution in [0.4, 0.5) is 4.39 Å². The van der Waals surface area contributed by atoms with Crippen LogP contribution in [0.5, 0.6) is 0 Å². The number of aromatic nitrogens is 2. The number of carbonyl (C=O) groups is 1. The monoisotopic (exact) mass is 346 g/mol. The first-order chi connectivity index (χ1) is 11.2. The van der Waals surface area contributed by atoms with E-state index in [1.807, 2.05) is 5.38 Å². The van der Waals surface area contributed by atoms with Gasteiger partial charge in [-0.25, -0.2) is 14.4 Å². The third-order valence-electron chi connectivity index (χ3n) is 3.63. The van der Waals surface area contributed by atoms with E-state index in [9.17, 15) is 9.18 Å². The number of thioether (sulfide) groups is 1. The van der Waals surface area contributed by atoms with Crippen LogP contribution in [0.15, 0.2) is 41.0 Å². The number of benzene rings is 1. The lowest BCUT2D eigenvalue weighted by Crippen LogP contribution is -2.09. The van der Waals surface area contributed by atoms with Crippen molar-refractivity contribution in [3.05, 3.63) is 41.8 Å². The van der Waals surface area contributed by atoms with Crippen molar-refractivity contribution < 1.29 is 13.9 Å². The van der Waals surface area contributed by atoms with E-state index in [0.29, 0.717) is 13.0 Å². The molecular weight excluding hydrogens is 335 g/mol. The zero-order valence-electron chi connectivity index (χ0n) is 11.9. The summed E-state index contributed by atoms with van der Waals surface area (Å²) in [7, 11) is 0. The molecule has 0 aliphatic carbocycles. The first kappa shape index (κ1) is 14.6. The molecule has 7 heteroatoms. The molecule has 1 fully saturated rings. The number of carbonyl (C=O) groups excluding carboxylic acids is 1. The number of fused-ring (bicyclic) bond motifs is 1. The zero-order valence-corrected chi connectivity index (χ0v) is 13.5. The van der Waals surface area contributed by atoms with E-state index in [0.717, 1.165) is 26.4 Å². The van der Waals surface area contributed by atoms with E-state index in [2.05, 4.69) is 9.97 Å². The third-order valence-corrected chi connectivity index (χ3v) is 5.76. The van der Waals surface area contributed by atoms with E-state index in [4.69, 9.17) is 4.74 Å². The Bertz CT molecular complexity index is 879. The Hall–Kier alpha value is -1.99. The summed E-state index contributed by atoms with van der Waals surface area (Å²) in [5.74, 6) is -0.465. The SMILES string of the molecule is O=C1OCCC1Sc1ncnc2scc(-c3ccc(F)cc3)c12. The molecule has 23 heavy (non-hydrogen) atoms. The van der Waals surface area contributed by atoms with Crippen LogP contribution in [0.25, 0.3) is 21.3 Å². The lowest BCUT2D eigenvalue weighted by Gasteiger charge is -2.07. The summed E-state index contributed by atoms with van der Waals surface area (Å²) in [6.07, 6.45) is 2.20. The van der Waals surface area contributed by atoms with Crippen molar-refractivity contribution in [2.75, 3.05) is 6.61 Å². The fourth-order valence-electron chi connectivity index (χ4n) is 2.50. The summed E-state index contributed by atoms with van der Waals surface area (Å²) in [5, 5.41) is 3.44. The van der Waals surface area contributed by atoms with Gasteiger partial charge in [0, 0.05) is 17.4 Å². The average Bonchev–Trinajstić information content (AvgIpc) is 3.16. The molecule has 0 radical (unpaired) electrons. The first-order valence-electron chi connectivity index (χ1n) is 7.04. The number of cyclic esters (lactones) is 1. The zero-order chi connectivity index (χ0) is 15.8. The quantitative estimate of drug-likeness (QED) is 0.532. The predicted molar refractivity (Wildman–Crippen MR) is 88.0 cm³/mol. The number of hydrogen-bond donors (Lipinski definition) is 0. The number of ether oxygens (including phenoxy) is 1. The maximum atomic E-state index is 13.2. The second kappa shape index (κ2) is 5.90. The minimum Gasteiger partial charge on any atom is -0.465 e. The molecule has 1 atom stereocenters. The van der Waals surface area contributed by atoms with Crippen molar-refractivity contribution in [1.82, 2.24) is 9.97 Å². The molecule has 1 aromatic carbocycles. The summed E-state index contributed by atoms with van der Waals surface area (Å²) >= 11 is 2.92. The number of hydrogen-bond acceptors (Lipinski definition) is 6. The number of thiophene rings is 1. The number of esters is 1. The second-order valence-corrected chi connectivity index (χ2v) is 7.13. The first-order valence-corrected chi connectivity index (χ1v) is 8.80. The van der Waals surface area contributed by atoms with Crippen LogP contribution < -0.4 is 0 Å². The van der Waals surface area contributed by atoms with Crippen LogP contribution >= 0.6 is 23.1 Å². The molecule has 0 spiro atoms. The lowest BCUT2D eigenvalue weighted by molar-refractivity contribution is -0.137. The summed E-state index contributed by atoms with van der Waals surface area (Å²) in [6, 6.07) is 6.35. The molecule has 3 heterocycles. The Morgan fingerprint density at radius 2 is 2.09 bits per heavy atom. The summed E-state index contributed by atoms with van der Waals surface area (Å²) in [5.41, 5.74) is 1.86. The van der Waals surface area contributed by atoms with E-state index >= 15 is 0 Å². The van der Waals surface area contributed by atoms with Crippen molar-refractivity contribution in [1.29, 1.82) is 0 Å². The van der Waals surface area contributed by atoms with Gasteiger partial charge in [0.25, 0.3) is 0 Å². The van der Waals surface area contributed by atoms with Crippen LogP contribution in [0.1, 0.15) is 6.42 Å². The molecule has 1 aliphatic heterocycles. The van der Waals surface area contributed by atoms with Crippen LogP contribution in [-0.4, -0.2) is 27.8 Å². The van der Waals surface area contributed by atoms with Gasteiger partial charge in [-0.3, -0.25) is 4.79 Å². The van der Waals surface area contributed by atoms with E-state index in [-0.39, 0.29) is 17.0 Å². The van der Waals surface area contributed by atoms with E-state index < -0.39 is 0 Å². The van der Waals surface area contributed by atoms with Crippen LogP contribution in [0, 0.1) is 5.82 Å². The largest absolute Gasteiger partial charge is 0.465 e. The average molecular weight is 346 g/mol. The highest BCUT2D eigenvalue weighted by molar-refractivity contribution is 8.00. The van der Waals surface area contributed by atoms with Gasteiger partial charge in [0.05, 0.1) is 12.0 Å². The van der Waals surface area contributed by atoms with Crippen LogP contribution in [0.2, 0.25) is 0 Å². The van der Waals surface area contributed by atoms with Gasteiger partial charge >= 0.3 is 5.97 Å². The van der Waals surface area contributed by atoms with Crippen molar-refractivity contribution in [2.24, 2.45) is 0 Å². The lowest BCUT2D eigenvalue weighted by atomic mass is 10.1. The highest BCUT2D eigenvalue weighted by atomic mass is 32.2. The second-order valence-electron chi connectivity index (χ2n) is 5.08. The Morgan fingerprint density at radius 1 is 1.26 bits per heavy atom. The predicted octanol–water partition coefficient (Wildman–Crippen LogP) is 3.91. The van der Waals surface area contributed by atoms with Gasteiger partial charge in [-0.05, 0) is 17.7 Å². The van der Waals surface area contributed by atoms with Gasteiger partial charge in [-0.2, -0.15) is 0 Å². The fourth-order valence-corrected chi connectivity index (χ4v) is 4.56. The smallest absolute Gasteiger partial charge is 0.319 e. The van der Waals surface area contributed by atoms with Crippen LogP contribution in [-0.2, 0) is 9.53 Å². The van der Waals surface area contributed by atoms with Crippen molar-refractivity contribution in [3.63, 3.8) is 0 Å². The molecule has 3 aromatic rings. The Morgan fingerprint density at radius 3 is 2.83 bits per heavy atom. The maximum absolute atomic E-state index is 13.2. The van der Waals surface area contributed by atoms with Crippen molar-refractivity contribution >= 4 is 39.3 Å². The van der Waals surface area contributed by atoms with E-state index in [1.54, 1.807) is 12.1 Å². The van der Waals surface area contributed by atoms with Gasteiger partial charge in [-0.1, -0.05) is 23.9 Å². The Balaban J connectivity index is 1.80. The highest BCUT2D eigenvalue weighted by Crippen LogP contribution is 2.40. The molecule has 1 aliphatic rings. The van der Waals surface area contributed by atoms with Crippen molar-refractivity contribution in [2.45, 2.75) is 16.7 Å². The number of nitrogens with zero attached hydrogens (tertiary/aromatic N) is 2. The molecule has 0 saturated carbocycles. The molecule has 1 unspecified atom stereocenters. The fraction of sp³-hybridized carbons (Fsp3) is 0.188. The molecular formula is C16H11FN2O2S2. The molecule has 116 valence electrons. The standard InChI is InChI=1S/C16H11FN2O2S2/c17-10-3-1-9(2-4-10)11-7-22-14-13(11)15(19-8-18-14)23-12-5-6-21-16(12)20/h1-4,7-8,12H,5-6H2. The molecule has 4 nitrogen and oxygen atoms in total. The molecule has 1 saturated heterocycles. The van der Waals surface area contributed by atoms with E-state index in [1.165, 1.54) is 41.6 Å². The maximum Gasteiger partial charge on any atom is 0.319 e. The summed E-state index contributed by atoms with van der Waals surface area (Å²) in [6.45, 7) is 0.458. The molecule has 0 bridgehead atoms. The number of halogens is 1. The molecule has 2 aromatic heterocycles. The van der Waals surface area contributed by atoms with Gasteiger partial charge in [0.15, 0.2) is 0 Å². The van der Waals surface area contributed by atoms with Crippen molar-refractivity contribution in [3.8, 4) is 11.1 Å². The molecule has 0 amide bonds. The van der Waals surface area contributed by atoms with Gasteiger partial charge < -0.3 is 4.74 Å². The normalized spacial score (nSPS) is 17.6. The third kappa shape index (κ3) is 2.70. The van der Waals surface area contributed by atoms with Gasteiger partial charge in [0.2, 0.25) is 0 Å². The molecule has 4 rings (SSSR count). The summed E-state index contributed by atoms with van der Waals surface area (Å²) < 4.78 is 18.2. The molecule has 0 N–H and O–H groups in total. The number of rotatable bonds is 3. The van der Waals surface area contributed by atoms with Crippen LogP contribution in [0.3, 0.4) is 0 Å². The van der Waals surface area contributed by atoms with Gasteiger partial charge in [0.1, 0.15) is 27.3 Å². The Kier molecular flexibility index (Phi) is 3.74. The summed E-state index contributed by atoms with van der Waals surface area (Å²) in [4.78, 5) is 21.2.